The molecule has 11 heteroatoms. The first-order valence-corrected chi connectivity index (χ1v) is 12.9. The lowest BCUT2D eigenvalue weighted by atomic mass is 9.75. The normalized spacial score (nSPS) is 17.7. The maximum absolute atomic E-state index is 13.6. The molecule has 3 aromatic rings. The van der Waals surface area contributed by atoms with Gasteiger partial charge in [0.1, 0.15) is 5.82 Å². The number of thioether (sulfide) groups is 1. The minimum Gasteiger partial charge on any atom is -0.340 e. The van der Waals surface area contributed by atoms with Crippen LogP contribution in [0.1, 0.15) is 41.9 Å². The Hall–Kier alpha value is -4.25. The maximum Gasteiger partial charge on any atom is 0.269 e. The number of fused-ring (bicyclic) bond motifs is 1. The highest BCUT2D eigenvalue weighted by Crippen LogP contribution is 2.47. The van der Waals surface area contributed by atoms with Gasteiger partial charge in [0.25, 0.3) is 16.9 Å². The van der Waals surface area contributed by atoms with Gasteiger partial charge < -0.3 is 5.32 Å². The molecular weight excluding hydrogens is 494 g/mol. The highest BCUT2D eigenvalue weighted by Gasteiger charge is 2.36. The number of nitro benzene ring substituents is 2. The van der Waals surface area contributed by atoms with Gasteiger partial charge in [-0.1, -0.05) is 23.9 Å². The Labute approximate surface area is 216 Å². The molecule has 1 N–H and O–H groups in total. The smallest absolute Gasteiger partial charge is 0.269 e. The molecule has 1 unspecified atom stereocenters. The fourth-order valence-electron chi connectivity index (χ4n) is 5.00. The van der Waals surface area contributed by atoms with Crippen LogP contribution in [0.2, 0.25) is 0 Å². The van der Waals surface area contributed by atoms with E-state index in [0.717, 1.165) is 47.2 Å². The highest BCUT2D eigenvalue weighted by molar-refractivity contribution is 7.98. The van der Waals surface area contributed by atoms with Gasteiger partial charge in [-0.25, -0.2) is 4.98 Å². The van der Waals surface area contributed by atoms with Crippen molar-refractivity contribution in [3.05, 3.63) is 113 Å². The molecule has 0 amide bonds. The summed E-state index contributed by atoms with van der Waals surface area (Å²) in [5.41, 5.74) is 4.90. The van der Waals surface area contributed by atoms with Crippen LogP contribution >= 0.6 is 11.8 Å². The fraction of sp³-hybridized carbons (Fsp3) is 0.231. The second kappa shape index (κ2) is 9.66. The van der Waals surface area contributed by atoms with Crippen molar-refractivity contribution in [2.75, 3.05) is 11.6 Å². The van der Waals surface area contributed by atoms with E-state index in [-0.39, 0.29) is 16.9 Å². The third-order valence-electron chi connectivity index (χ3n) is 6.76. The Morgan fingerprint density at radius 1 is 1.03 bits per heavy atom. The van der Waals surface area contributed by atoms with Crippen molar-refractivity contribution in [3.8, 4) is 0 Å². The summed E-state index contributed by atoms with van der Waals surface area (Å²) < 4.78 is 1.53. The molecule has 1 aromatic heterocycles. The van der Waals surface area contributed by atoms with E-state index in [9.17, 15) is 25.0 Å². The van der Waals surface area contributed by atoms with Crippen LogP contribution in [0.5, 0.6) is 0 Å². The van der Waals surface area contributed by atoms with Crippen molar-refractivity contribution >= 4 is 35.0 Å². The number of rotatable bonds is 5. The third kappa shape index (κ3) is 4.42. The van der Waals surface area contributed by atoms with E-state index in [2.05, 4.69) is 5.32 Å². The number of hydrogen-bond acceptors (Lipinski definition) is 8. The minimum absolute atomic E-state index is 0.0155. The zero-order chi connectivity index (χ0) is 26.3. The Kier molecular flexibility index (Phi) is 6.38. The first-order valence-electron chi connectivity index (χ1n) is 11.6. The number of anilines is 1. The first kappa shape index (κ1) is 24.4. The van der Waals surface area contributed by atoms with Crippen LogP contribution in [0.3, 0.4) is 0 Å². The summed E-state index contributed by atoms with van der Waals surface area (Å²) in [6.45, 7) is 0. The topological polar surface area (TPSA) is 133 Å². The molecule has 0 fully saturated rings. The molecule has 188 valence electrons. The molecule has 2 aromatic carbocycles. The summed E-state index contributed by atoms with van der Waals surface area (Å²) in [6.07, 6.45) is 6.24. The van der Waals surface area contributed by atoms with Gasteiger partial charge in [-0.05, 0) is 66.0 Å². The van der Waals surface area contributed by atoms with Crippen molar-refractivity contribution in [1.29, 1.82) is 0 Å². The molecule has 0 spiro atoms. The predicted octanol–water partition coefficient (Wildman–Crippen LogP) is 5.40. The zero-order valence-corrected chi connectivity index (χ0v) is 20.9. The lowest BCUT2D eigenvalue weighted by Gasteiger charge is -2.35. The fourth-order valence-corrected chi connectivity index (χ4v) is 5.54. The minimum atomic E-state index is -0.443. The van der Waals surface area contributed by atoms with Gasteiger partial charge in [0.2, 0.25) is 0 Å². The standard InChI is InChI=1S/C26H23N5O5S/c1-29-25(32)22-21(16-8-12-19(13-9-16)31(35)36)20-5-3-4-17(23(20)27-24(22)28-26(29)37-2)14-15-6-10-18(11-7-15)30(33)34/h6-14,21,27H,3-5H2,1-2H3/b17-14+. The molecule has 1 aliphatic carbocycles. The Morgan fingerprint density at radius 2 is 1.65 bits per heavy atom. The number of nitrogens with one attached hydrogen (secondary N) is 1. The molecule has 2 heterocycles. The van der Waals surface area contributed by atoms with E-state index >= 15 is 0 Å². The number of nitrogens with zero attached hydrogens (tertiary/aromatic N) is 4. The molecule has 10 nitrogen and oxygen atoms in total. The van der Waals surface area contributed by atoms with Gasteiger partial charge in [-0.15, -0.1) is 0 Å². The monoisotopic (exact) mass is 517 g/mol. The number of non-ortho nitro benzene ring substituents is 2. The summed E-state index contributed by atoms with van der Waals surface area (Å²) in [5, 5.41) is 26.3. The van der Waals surface area contributed by atoms with Gasteiger partial charge in [0.05, 0.1) is 15.4 Å². The van der Waals surface area contributed by atoms with Crippen LogP contribution in [-0.2, 0) is 7.05 Å². The van der Waals surface area contributed by atoms with Crippen LogP contribution in [0.4, 0.5) is 17.2 Å². The van der Waals surface area contributed by atoms with Crippen LogP contribution in [0.25, 0.3) is 6.08 Å². The van der Waals surface area contributed by atoms with E-state index < -0.39 is 15.8 Å². The van der Waals surface area contributed by atoms with Crippen LogP contribution < -0.4 is 10.9 Å². The molecule has 5 rings (SSSR count). The van der Waals surface area contributed by atoms with E-state index in [4.69, 9.17) is 4.98 Å². The van der Waals surface area contributed by atoms with Crippen molar-refractivity contribution in [2.45, 2.75) is 30.3 Å². The van der Waals surface area contributed by atoms with Gasteiger partial charge in [-0.3, -0.25) is 29.6 Å². The van der Waals surface area contributed by atoms with Gasteiger partial charge >= 0.3 is 0 Å². The lowest BCUT2D eigenvalue weighted by molar-refractivity contribution is -0.385. The van der Waals surface area contributed by atoms with E-state index in [0.29, 0.717) is 16.5 Å². The maximum atomic E-state index is 13.6. The largest absolute Gasteiger partial charge is 0.340 e. The molecule has 0 radical (unpaired) electrons. The van der Waals surface area contributed by atoms with E-state index in [1.54, 1.807) is 31.3 Å². The Balaban J connectivity index is 1.68. The van der Waals surface area contributed by atoms with Crippen LogP contribution in [0.15, 0.2) is 75.3 Å². The average molecular weight is 518 g/mol. The quantitative estimate of drug-likeness (QED) is 0.206. The molecule has 0 saturated heterocycles. The SMILES string of the molecule is CSc1nc2c(c(=O)n1C)C(c1ccc([N+](=O)[O-])cc1)C1=C(N2)/C(=C/c2ccc([N+](=O)[O-])cc2)CCC1. The molecule has 1 aliphatic heterocycles. The van der Waals surface area contributed by atoms with Crippen molar-refractivity contribution < 1.29 is 9.85 Å². The summed E-state index contributed by atoms with van der Waals surface area (Å²) >= 11 is 1.37. The summed E-state index contributed by atoms with van der Waals surface area (Å²) in [6, 6.07) is 12.7. The summed E-state index contributed by atoms with van der Waals surface area (Å²) in [4.78, 5) is 39.7. The molecule has 0 saturated carbocycles. The van der Waals surface area contributed by atoms with Crippen molar-refractivity contribution in [1.82, 2.24) is 9.55 Å². The number of nitro groups is 2. The molecular formula is C26H23N5O5S. The van der Waals surface area contributed by atoms with Crippen LogP contribution in [-0.4, -0.2) is 25.7 Å². The number of hydrogen-bond donors (Lipinski definition) is 1. The molecule has 2 aliphatic rings. The second-order valence-corrected chi connectivity index (χ2v) is 9.68. The Bertz CT molecular complexity index is 1540. The van der Waals surface area contributed by atoms with Crippen molar-refractivity contribution in [3.63, 3.8) is 0 Å². The summed E-state index contributed by atoms with van der Waals surface area (Å²) in [7, 11) is 1.69. The van der Waals surface area contributed by atoms with Gasteiger partial charge in [0.15, 0.2) is 5.16 Å². The van der Waals surface area contributed by atoms with Gasteiger partial charge in [0, 0.05) is 42.9 Å². The predicted molar refractivity (Wildman–Crippen MR) is 142 cm³/mol. The number of allylic oxidation sites excluding steroid dienone is 2. The zero-order valence-electron chi connectivity index (χ0n) is 20.1. The third-order valence-corrected chi connectivity index (χ3v) is 7.49. The molecule has 0 bridgehead atoms. The van der Waals surface area contributed by atoms with Gasteiger partial charge in [-0.2, -0.15) is 0 Å². The van der Waals surface area contributed by atoms with E-state index in [1.807, 2.05) is 12.3 Å². The number of benzene rings is 2. The average Bonchev–Trinajstić information content (AvgIpc) is 2.90. The molecule has 37 heavy (non-hydrogen) atoms. The first-order chi connectivity index (χ1) is 17.8. The second-order valence-electron chi connectivity index (χ2n) is 8.90. The summed E-state index contributed by atoms with van der Waals surface area (Å²) in [5.74, 6) is 0.0702. The van der Waals surface area contributed by atoms with Crippen molar-refractivity contribution in [2.24, 2.45) is 7.05 Å². The highest BCUT2D eigenvalue weighted by atomic mass is 32.2. The Morgan fingerprint density at radius 3 is 2.24 bits per heavy atom. The lowest BCUT2D eigenvalue weighted by Crippen LogP contribution is -2.33. The number of aromatic nitrogens is 2. The molecule has 1 atom stereocenters. The van der Waals surface area contributed by atoms with Crippen LogP contribution in [0, 0.1) is 20.2 Å². The van der Waals surface area contributed by atoms with E-state index in [1.165, 1.54) is 40.6 Å².